The smallest absolute Gasteiger partial charge is 0.335 e. The lowest BCUT2D eigenvalue weighted by molar-refractivity contribution is -0.122. The molecule has 2 amide bonds. The number of hydrogen-bond donors (Lipinski definition) is 3. The highest BCUT2D eigenvalue weighted by atomic mass is 16.4. The van der Waals surface area contributed by atoms with Crippen LogP contribution < -0.4 is 11.1 Å². The third-order valence-corrected chi connectivity index (χ3v) is 4.63. The number of nitrogens with zero attached hydrogens (tertiary/aromatic N) is 1. The molecular weight excluding hydrogens is 346 g/mol. The molecule has 2 aromatic rings. The fraction of sp³-hybridized carbons (Fsp3) is 0.250. The van der Waals surface area contributed by atoms with E-state index in [1.807, 2.05) is 23.1 Å². The SMILES string of the molecule is NC(=O)C1CCCN1Cc1cccc(NC(=O)c2cccc(C(=O)O)c2)c1. The molecule has 0 saturated carbocycles. The number of rotatable bonds is 6. The summed E-state index contributed by atoms with van der Waals surface area (Å²) in [5, 5.41) is 11.8. The van der Waals surface area contributed by atoms with E-state index in [-0.39, 0.29) is 29.0 Å². The maximum atomic E-state index is 12.4. The molecule has 0 bridgehead atoms. The summed E-state index contributed by atoms with van der Waals surface area (Å²) in [6.07, 6.45) is 1.70. The summed E-state index contributed by atoms with van der Waals surface area (Å²) in [5.74, 6) is -1.78. The Labute approximate surface area is 156 Å². The van der Waals surface area contributed by atoms with Crippen molar-refractivity contribution in [2.75, 3.05) is 11.9 Å². The van der Waals surface area contributed by atoms with Crippen LogP contribution in [0.3, 0.4) is 0 Å². The fourth-order valence-corrected chi connectivity index (χ4v) is 3.32. The van der Waals surface area contributed by atoms with Crippen LogP contribution in [0.5, 0.6) is 0 Å². The molecule has 27 heavy (non-hydrogen) atoms. The van der Waals surface area contributed by atoms with Crippen molar-refractivity contribution in [3.8, 4) is 0 Å². The minimum absolute atomic E-state index is 0.0583. The molecule has 7 nitrogen and oxygen atoms in total. The first-order chi connectivity index (χ1) is 12.9. The molecule has 1 unspecified atom stereocenters. The second kappa shape index (κ2) is 8.01. The van der Waals surface area contributed by atoms with Crippen LogP contribution in [0.15, 0.2) is 48.5 Å². The maximum Gasteiger partial charge on any atom is 0.335 e. The van der Waals surface area contributed by atoms with Crippen LogP contribution in [-0.2, 0) is 11.3 Å². The largest absolute Gasteiger partial charge is 0.478 e. The number of carboxylic acids is 1. The molecule has 0 spiro atoms. The summed E-state index contributed by atoms with van der Waals surface area (Å²) in [6, 6.07) is 13.0. The number of aromatic carboxylic acids is 1. The van der Waals surface area contributed by atoms with Crippen molar-refractivity contribution in [1.29, 1.82) is 0 Å². The number of primary amides is 1. The van der Waals surface area contributed by atoms with E-state index in [0.29, 0.717) is 12.2 Å². The Kier molecular flexibility index (Phi) is 5.52. The summed E-state index contributed by atoms with van der Waals surface area (Å²) in [7, 11) is 0. The number of hydrogen-bond acceptors (Lipinski definition) is 4. The van der Waals surface area contributed by atoms with E-state index < -0.39 is 5.97 Å². The quantitative estimate of drug-likeness (QED) is 0.724. The molecule has 1 aliphatic rings. The third-order valence-electron chi connectivity index (χ3n) is 4.63. The molecule has 140 valence electrons. The molecule has 0 aromatic heterocycles. The molecule has 4 N–H and O–H groups in total. The van der Waals surface area contributed by atoms with Gasteiger partial charge in [0.1, 0.15) is 0 Å². The monoisotopic (exact) mass is 367 g/mol. The Morgan fingerprint density at radius 3 is 2.59 bits per heavy atom. The minimum atomic E-state index is -1.08. The molecule has 1 atom stereocenters. The summed E-state index contributed by atoms with van der Waals surface area (Å²) in [5.41, 5.74) is 7.35. The zero-order valence-corrected chi connectivity index (χ0v) is 14.7. The normalized spacial score (nSPS) is 16.8. The van der Waals surface area contributed by atoms with E-state index in [2.05, 4.69) is 5.32 Å². The van der Waals surface area contributed by atoms with Gasteiger partial charge in [-0.05, 0) is 55.3 Å². The molecule has 1 saturated heterocycles. The summed E-state index contributed by atoms with van der Waals surface area (Å²) >= 11 is 0. The first kappa shape index (κ1) is 18.6. The number of carbonyl (C=O) groups excluding carboxylic acids is 2. The van der Waals surface area contributed by atoms with Crippen LogP contribution >= 0.6 is 0 Å². The van der Waals surface area contributed by atoms with Gasteiger partial charge in [0.2, 0.25) is 5.91 Å². The van der Waals surface area contributed by atoms with Gasteiger partial charge in [-0.15, -0.1) is 0 Å². The number of nitrogens with two attached hydrogens (primary N) is 1. The van der Waals surface area contributed by atoms with Gasteiger partial charge >= 0.3 is 5.97 Å². The lowest BCUT2D eigenvalue weighted by Crippen LogP contribution is -2.39. The van der Waals surface area contributed by atoms with Gasteiger partial charge in [0.25, 0.3) is 5.91 Å². The molecule has 0 aliphatic carbocycles. The highest BCUT2D eigenvalue weighted by molar-refractivity contribution is 6.05. The van der Waals surface area contributed by atoms with Gasteiger partial charge in [-0.2, -0.15) is 0 Å². The molecule has 0 radical (unpaired) electrons. The van der Waals surface area contributed by atoms with Crippen molar-refractivity contribution in [3.63, 3.8) is 0 Å². The first-order valence-corrected chi connectivity index (χ1v) is 8.71. The van der Waals surface area contributed by atoms with E-state index in [0.717, 1.165) is 24.9 Å². The Morgan fingerprint density at radius 2 is 1.85 bits per heavy atom. The molecule has 1 heterocycles. The average Bonchev–Trinajstić information content (AvgIpc) is 3.10. The van der Waals surface area contributed by atoms with Gasteiger partial charge in [-0.3, -0.25) is 14.5 Å². The number of carboxylic acid groups (broad SMARTS) is 1. The van der Waals surface area contributed by atoms with Crippen molar-refractivity contribution < 1.29 is 19.5 Å². The van der Waals surface area contributed by atoms with Gasteiger partial charge in [-0.1, -0.05) is 18.2 Å². The molecule has 7 heteroatoms. The van der Waals surface area contributed by atoms with Crippen molar-refractivity contribution in [2.45, 2.75) is 25.4 Å². The van der Waals surface area contributed by atoms with Crippen LogP contribution in [-0.4, -0.2) is 40.4 Å². The van der Waals surface area contributed by atoms with E-state index in [1.165, 1.54) is 18.2 Å². The van der Waals surface area contributed by atoms with Crippen LogP contribution in [0, 0.1) is 0 Å². The Bertz CT molecular complexity index is 881. The summed E-state index contributed by atoms with van der Waals surface area (Å²) in [6.45, 7) is 1.39. The van der Waals surface area contributed by atoms with Crippen molar-refractivity contribution in [1.82, 2.24) is 4.90 Å². The number of nitrogens with one attached hydrogen (secondary N) is 1. The molecular formula is C20H21N3O4. The topological polar surface area (TPSA) is 113 Å². The highest BCUT2D eigenvalue weighted by Gasteiger charge is 2.28. The fourth-order valence-electron chi connectivity index (χ4n) is 3.32. The number of benzene rings is 2. The number of amides is 2. The maximum absolute atomic E-state index is 12.4. The Morgan fingerprint density at radius 1 is 1.11 bits per heavy atom. The second-order valence-electron chi connectivity index (χ2n) is 6.57. The zero-order valence-electron chi connectivity index (χ0n) is 14.7. The number of likely N-dealkylation sites (tertiary alicyclic amines) is 1. The van der Waals surface area contributed by atoms with Crippen molar-refractivity contribution in [3.05, 3.63) is 65.2 Å². The average molecular weight is 367 g/mol. The predicted molar refractivity (Wildman–Crippen MR) is 100 cm³/mol. The first-order valence-electron chi connectivity index (χ1n) is 8.71. The standard InChI is InChI=1S/C20H21N3O4/c21-18(24)17-8-3-9-23(17)12-13-4-1-7-16(10-13)22-19(25)14-5-2-6-15(11-14)20(26)27/h1-2,4-7,10-11,17H,3,8-9,12H2,(H2,21,24)(H,22,25)(H,26,27). The van der Waals surface area contributed by atoms with Gasteiger partial charge < -0.3 is 16.2 Å². The van der Waals surface area contributed by atoms with Gasteiger partial charge in [0.05, 0.1) is 11.6 Å². The minimum Gasteiger partial charge on any atom is -0.478 e. The van der Waals surface area contributed by atoms with E-state index >= 15 is 0 Å². The van der Waals surface area contributed by atoms with Gasteiger partial charge in [-0.25, -0.2) is 4.79 Å². The number of anilines is 1. The van der Waals surface area contributed by atoms with E-state index in [9.17, 15) is 14.4 Å². The van der Waals surface area contributed by atoms with E-state index in [4.69, 9.17) is 10.8 Å². The highest BCUT2D eigenvalue weighted by Crippen LogP contribution is 2.21. The Hall–Kier alpha value is -3.19. The molecule has 1 fully saturated rings. The van der Waals surface area contributed by atoms with E-state index in [1.54, 1.807) is 12.1 Å². The molecule has 3 rings (SSSR count). The third kappa shape index (κ3) is 4.51. The molecule has 1 aliphatic heterocycles. The second-order valence-corrected chi connectivity index (χ2v) is 6.57. The van der Waals surface area contributed by atoms with Crippen molar-refractivity contribution >= 4 is 23.5 Å². The lowest BCUT2D eigenvalue weighted by atomic mass is 10.1. The van der Waals surface area contributed by atoms with Crippen LogP contribution in [0.1, 0.15) is 39.1 Å². The zero-order chi connectivity index (χ0) is 19.4. The molecule has 2 aromatic carbocycles. The number of carbonyl (C=O) groups is 3. The summed E-state index contributed by atoms with van der Waals surface area (Å²) < 4.78 is 0. The van der Waals surface area contributed by atoms with Crippen LogP contribution in [0.25, 0.3) is 0 Å². The van der Waals surface area contributed by atoms with Crippen LogP contribution in [0.4, 0.5) is 5.69 Å². The van der Waals surface area contributed by atoms with Gasteiger partial charge in [0.15, 0.2) is 0 Å². The summed E-state index contributed by atoms with van der Waals surface area (Å²) in [4.78, 5) is 37.0. The van der Waals surface area contributed by atoms with Gasteiger partial charge in [0, 0.05) is 17.8 Å². The van der Waals surface area contributed by atoms with Crippen molar-refractivity contribution in [2.24, 2.45) is 5.73 Å². The lowest BCUT2D eigenvalue weighted by Gasteiger charge is -2.22. The van der Waals surface area contributed by atoms with Crippen LogP contribution in [0.2, 0.25) is 0 Å². The Balaban J connectivity index is 1.70. The predicted octanol–water partition coefficient (Wildman–Crippen LogP) is 2.09.